The molecule has 0 saturated heterocycles. The molecule has 0 fully saturated rings. The fraction of sp³-hybridized carbons (Fsp3) is 0.0185. The first kappa shape index (κ1) is 32.6. The van der Waals surface area contributed by atoms with Gasteiger partial charge >= 0.3 is 0 Å². The Bertz CT molecular complexity index is 2960. The fourth-order valence-electron chi connectivity index (χ4n) is 9.05. The minimum atomic E-state index is -0.533. The van der Waals surface area contributed by atoms with Crippen LogP contribution in [0.2, 0.25) is 0 Å². The van der Waals surface area contributed by atoms with Gasteiger partial charge in [0.1, 0.15) is 0 Å². The van der Waals surface area contributed by atoms with Crippen LogP contribution in [0, 0.1) is 0 Å². The number of pyridine rings is 1. The van der Waals surface area contributed by atoms with Crippen LogP contribution in [0.15, 0.2) is 212 Å². The summed E-state index contributed by atoms with van der Waals surface area (Å²) in [4.78, 5) is 5.56. The van der Waals surface area contributed by atoms with Gasteiger partial charge < -0.3 is 0 Å². The van der Waals surface area contributed by atoms with Crippen molar-refractivity contribution in [1.82, 2.24) is 4.98 Å². The van der Waals surface area contributed by atoms with Crippen LogP contribution in [0.4, 0.5) is 0 Å². The molecule has 0 aliphatic heterocycles. The van der Waals surface area contributed by atoms with E-state index in [-0.39, 0.29) is 0 Å². The van der Waals surface area contributed by atoms with E-state index in [1.165, 1.54) is 64.7 Å². The first-order valence-electron chi connectivity index (χ1n) is 19.2. The van der Waals surface area contributed by atoms with Gasteiger partial charge in [-0.15, -0.1) is 11.3 Å². The zero-order valence-corrected chi connectivity index (χ0v) is 31.4. The van der Waals surface area contributed by atoms with Gasteiger partial charge in [-0.1, -0.05) is 170 Å². The molecule has 1 aliphatic rings. The maximum absolute atomic E-state index is 5.56. The Kier molecular flexibility index (Phi) is 7.65. The number of thiophene rings is 1. The maximum Gasteiger partial charge on any atom is 0.0722 e. The highest BCUT2D eigenvalue weighted by Crippen LogP contribution is 2.58. The van der Waals surface area contributed by atoms with Gasteiger partial charge in [0.15, 0.2) is 0 Å². The zero-order valence-electron chi connectivity index (χ0n) is 30.6. The maximum atomic E-state index is 5.56. The van der Waals surface area contributed by atoms with Crippen molar-refractivity contribution in [2.45, 2.75) is 5.41 Å². The van der Waals surface area contributed by atoms with Crippen molar-refractivity contribution in [2.24, 2.45) is 0 Å². The Hall–Kier alpha value is -6.87. The van der Waals surface area contributed by atoms with Gasteiger partial charge in [0.2, 0.25) is 0 Å². The van der Waals surface area contributed by atoms with Gasteiger partial charge in [0, 0.05) is 31.3 Å². The van der Waals surface area contributed by atoms with Crippen LogP contribution in [0.1, 0.15) is 22.3 Å². The molecule has 0 spiro atoms. The highest BCUT2D eigenvalue weighted by molar-refractivity contribution is 7.25. The molecule has 0 saturated carbocycles. The second-order valence-electron chi connectivity index (χ2n) is 14.6. The second-order valence-corrected chi connectivity index (χ2v) is 15.7. The molecule has 10 aromatic rings. The van der Waals surface area contributed by atoms with E-state index in [0.29, 0.717) is 0 Å². The van der Waals surface area contributed by atoms with Crippen LogP contribution in [0.25, 0.3) is 76.1 Å². The standard InChI is InChI=1S/C54H35NS/c1-5-17-36(18-6-1)39-32-50(37-19-7-2-8-20-37)55-51(33-39)46-35-49-45(34-44(46)38-29-30-53-47(31-38)43-26-14-16-28-52(43)56-53)42-25-13-15-27-48(42)54(49,40-21-9-3-10-22-40)41-23-11-4-12-24-41/h1-35H. The molecule has 2 heterocycles. The number of aromatic nitrogens is 1. The lowest BCUT2D eigenvalue weighted by atomic mass is 9.67. The third kappa shape index (κ3) is 5.11. The third-order valence-electron chi connectivity index (χ3n) is 11.6. The van der Waals surface area contributed by atoms with Crippen LogP contribution in [-0.2, 0) is 5.41 Å². The molecule has 0 bridgehead atoms. The molecule has 0 unspecified atom stereocenters. The van der Waals surface area contributed by atoms with Gasteiger partial charge in [-0.25, -0.2) is 4.98 Å². The molecule has 2 heteroatoms. The molecule has 56 heavy (non-hydrogen) atoms. The predicted octanol–water partition coefficient (Wildman–Crippen LogP) is 14.5. The van der Waals surface area contributed by atoms with Gasteiger partial charge in [0.25, 0.3) is 0 Å². The summed E-state index contributed by atoms with van der Waals surface area (Å²) < 4.78 is 2.61. The highest BCUT2D eigenvalue weighted by atomic mass is 32.1. The normalized spacial score (nSPS) is 12.8. The summed E-state index contributed by atoms with van der Waals surface area (Å²) in [5.41, 5.74) is 15.8. The molecule has 1 aliphatic carbocycles. The summed E-state index contributed by atoms with van der Waals surface area (Å²) in [6, 6.07) is 77.7. The Labute approximate surface area is 330 Å². The lowest BCUT2D eigenvalue weighted by molar-refractivity contribution is 0.769. The minimum absolute atomic E-state index is 0.533. The molecule has 0 radical (unpaired) electrons. The minimum Gasteiger partial charge on any atom is -0.248 e. The Morgan fingerprint density at radius 2 is 0.911 bits per heavy atom. The molecule has 262 valence electrons. The zero-order chi connectivity index (χ0) is 37.1. The van der Waals surface area contributed by atoms with Gasteiger partial charge in [-0.05, 0) is 98.1 Å². The summed E-state index contributed by atoms with van der Waals surface area (Å²) in [6.45, 7) is 0. The van der Waals surface area contributed by atoms with Crippen molar-refractivity contribution in [3.63, 3.8) is 0 Å². The average Bonchev–Trinajstić information content (AvgIpc) is 3.80. The SMILES string of the molecule is c1ccc(-c2cc(-c3ccccc3)nc(-c3cc4c(cc3-c3ccc5sc6ccccc6c5c3)-c3ccccc3C4(c3ccccc3)c3ccccc3)c2)cc1. The summed E-state index contributed by atoms with van der Waals surface area (Å²) in [5, 5.41) is 2.58. The van der Waals surface area contributed by atoms with E-state index in [2.05, 4.69) is 212 Å². The smallest absolute Gasteiger partial charge is 0.0722 e. The molecule has 0 N–H and O–H groups in total. The Balaban J connectivity index is 1.27. The number of hydrogen-bond donors (Lipinski definition) is 0. The average molecular weight is 730 g/mol. The highest BCUT2D eigenvalue weighted by Gasteiger charge is 2.46. The van der Waals surface area contributed by atoms with E-state index in [0.717, 1.165) is 33.6 Å². The number of nitrogens with zero attached hydrogens (tertiary/aromatic N) is 1. The molecule has 2 aromatic heterocycles. The molecular formula is C54H35NS. The first-order valence-corrected chi connectivity index (χ1v) is 20.0. The Morgan fingerprint density at radius 1 is 0.321 bits per heavy atom. The topological polar surface area (TPSA) is 12.9 Å². The number of rotatable bonds is 6. The number of benzene rings is 8. The molecule has 8 aromatic carbocycles. The summed E-state index contributed by atoms with van der Waals surface area (Å²) >= 11 is 1.86. The molecule has 11 rings (SSSR count). The van der Waals surface area contributed by atoms with Crippen LogP contribution < -0.4 is 0 Å². The predicted molar refractivity (Wildman–Crippen MR) is 236 cm³/mol. The lowest BCUT2D eigenvalue weighted by Gasteiger charge is -2.34. The largest absolute Gasteiger partial charge is 0.248 e. The van der Waals surface area contributed by atoms with Crippen LogP contribution in [-0.4, -0.2) is 4.98 Å². The van der Waals surface area contributed by atoms with E-state index in [9.17, 15) is 0 Å². The number of fused-ring (bicyclic) bond motifs is 6. The fourth-order valence-corrected chi connectivity index (χ4v) is 10.1. The molecule has 0 amide bonds. The van der Waals surface area contributed by atoms with Crippen molar-refractivity contribution in [3.05, 3.63) is 235 Å². The van der Waals surface area contributed by atoms with Crippen molar-refractivity contribution >= 4 is 31.5 Å². The Morgan fingerprint density at radius 3 is 1.64 bits per heavy atom. The molecule has 0 atom stereocenters. The van der Waals surface area contributed by atoms with Gasteiger partial charge in [0.05, 0.1) is 16.8 Å². The molecule has 1 nitrogen and oxygen atoms in total. The quantitative estimate of drug-likeness (QED) is 0.166. The summed E-state index contributed by atoms with van der Waals surface area (Å²) in [5.74, 6) is 0. The van der Waals surface area contributed by atoms with Crippen LogP contribution >= 0.6 is 11.3 Å². The van der Waals surface area contributed by atoms with E-state index < -0.39 is 5.41 Å². The van der Waals surface area contributed by atoms with E-state index in [1.54, 1.807) is 0 Å². The summed E-state index contributed by atoms with van der Waals surface area (Å²) in [7, 11) is 0. The van der Waals surface area contributed by atoms with Crippen molar-refractivity contribution in [3.8, 4) is 55.9 Å². The lowest BCUT2D eigenvalue weighted by Crippen LogP contribution is -2.28. The van der Waals surface area contributed by atoms with Crippen molar-refractivity contribution < 1.29 is 0 Å². The van der Waals surface area contributed by atoms with E-state index >= 15 is 0 Å². The monoisotopic (exact) mass is 729 g/mol. The van der Waals surface area contributed by atoms with Gasteiger partial charge in [-0.2, -0.15) is 0 Å². The van der Waals surface area contributed by atoms with E-state index in [1.807, 2.05) is 11.3 Å². The first-order chi connectivity index (χ1) is 27.8. The van der Waals surface area contributed by atoms with Crippen LogP contribution in [0.5, 0.6) is 0 Å². The van der Waals surface area contributed by atoms with Crippen molar-refractivity contribution in [1.29, 1.82) is 0 Å². The van der Waals surface area contributed by atoms with Crippen LogP contribution in [0.3, 0.4) is 0 Å². The summed E-state index contributed by atoms with van der Waals surface area (Å²) in [6.07, 6.45) is 0. The number of hydrogen-bond acceptors (Lipinski definition) is 2. The molecular weight excluding hydrogens is 695 g/mol. The second kappa shape index (κ2) is 13.2. The third-order valence-corrected chi connectivity index (χ3v) is 12.7. The van der Waals surface area contributed by atoms with Gasteiger partial charge in [-0.3, -0.25) is 0 Å². The van der Waals surface area contributed by atoms with Crippen molar-refractivity contribution in [2.75, 3.05) is 0 Å². The van der Waals surface area contributed by atoms with E-state index in [4.69, 9.17) is 4.98 Å².